The van der Waals surface area contributed by atoms with E-state index in [1.807, 2.05) is 25.7 Å². The van der Waals surface area contributed by atoms with Crippen molar-refractivity contribution in [3.8, 4) is 5.75 Å². The van der Waals surface area contributed by atoms with Crippen molar-refractivity contribution in [2.75, 3.05) is 31.1 Å². The molecule has 1 saturated heterocycles. The second-order valence-electron chi connectivity index (χ2n) is 6.38. The highest BCUT2D eigenvalue weighted by atomic mass is 16.6. The van der Waals surface area contributed by atoms with Gasteiger partial charge in [0.25, 0.3) is 0 Å². The van der Waals surface area contributed by atoms with Gasteiger partial charge in [0.1, 0.15) is 5.60 Å². The summed E-state index contributed by atoms with van der Waals surface area (Å²) >= 11 is 0. The molecular weight excluding hydrogens is 302 g/mol. The number of nitro groups is 1. The average molecular weight is 323 g/mol. The van der Waals surface area contributed by atoms with Gasteiger partial charge in [-0.3, -0.25) is 10.1 Å². The van der Waals surface area contributed by atoms with Gasteiger partial charge in [-0.25, -0.2) is 4.79 Å². The lowest BCUT2D eigenvalue weighted by Crippen LogP contribution is -2.50. The number of nitrogens with zero attached hydrogens (tertiary/aromatic N) is 3. The Hall–Kier alpha value is -2.51. The fourth-order valence-electron chi connectivity index (χ4n) is 2.34. The summed E-state index contributed by atoms with van der Waals surface area (Å²) in [5.74, 6) is -0.359. The van der Waals surface area contributed by atoms with Gasteiger partial charge in [0, 0.05) is 44.0 Å². The Bertz CT molecular complexity index is 604. The maximum atomic E-state index is 12.0. The van der Waals surface area contributed by atoms with E-state index in [1.165, 1.54) is 12.1 Å². The van der Waals surface area contributed by atoms with Crippen molar-refractivity contribution in [3.05, 3.63) is 28.3 Å². The summed E-state index contributed by atoms with van der Waals surface area (Å²) in [6, 6.07) is 4.26. The third-order valence-corrected chi connectivity index (χ3v) is 3.45. The van der Waals surface area contributed by atoms with Crippen molar-refractivity contribution in [1.29, 1.82) is 0 Å². The van der Waals surface area contributed by atoms with E-state index in [9.17, 15) is 20.0 Å². The number of phenolic OH excluding ortho intramolecular Hbond substituents is 1. The number of hydrogen-bond donors (Lipinski definition) is 1. The Morgan fingerprint density at radius 3 is 2.35 bits per heavy atom. The van der Waals surface area contributed by atoms with Gasteiger partial charge < -0.3 is 19.6 Å². The molecule has 1 amide bonds. The first-order valence-corrected chi connectivity index (χ1v) is 7.37. The number of benzene rings is 1. The van der Waals surface area contributed by atoms with Crippen LogP contribution in [0.2, 0.25) is 0 Å². The van der Waals surface area contributed by atoms with Crippen LogP contribution in [0.4, 0.5) is 16.2 Å². The Morgan fingerprint density at radius 2 is 1.87 bits per heavy atom. The molecule has 1 aromatic carbocycles. The van der Waals surface area contributed by atoms with E-state index in [0.29, 0.717) is 31.9 Å². The molecule has 1 aliphatic heterocycles. The summed E-state index contributed by atoms with van der Waals surface area (Å²) in [5, 5.41) is 20.4. The van der Waals surface area contributed by atoms with E-state index in [4.69, 9.17) is 4.74 Å². The molecule has 0 unspecified atom stereocenters. The number of aromatic hydroxyl groups is 1. The van der Waals surface area contributed by atoms with Gasteiger partial charge in [0.05, 0.1) is 4.92 Å². The summed E-state index contributed by atoms with van der Waals surface area (Å²) < 4.78 is 5.33. The molecule has 23 heavy (non-hydrogen) atoms. The minimum absolute atomic E-state index is 0.318. The first-order chi connectivity index (χ1) is 10.7. The molecule has 1 N–H and O–H groups in total. The van der Waals surface area contributed by atoms with Crippen LogP contribution in [0, 0.1) is 10.1 Å². The van der Waals surface area contributed by atoms with Crippen LogP contribution in [0.15, 0.2) is 18.2 Å². The van der Waals surface area contributed by atoms with Gasteiger partial charge in [-0.2, -0.15) is 0 Å². The number of amides is 1. The van der Waals surface area contributed by atoms with Crippen molar-refractivity contribution in [1.82, 2.24) is 4.90 Å². The third kappa shape index (κ3) is 4.24. The SMILES string of the molecule is CC(C)(C)OC(=O)N1CCN(c2ccc([N+](=O)[O-])c(O)c2)CC1. The normalized spacial score (nSPS) is 15.4. The lowest BCUT2D eigenvalue weighted by molar-refractivity contribution is -0.385. The number of piperazine rings is 1. The predicted molar refractivity (Wildman–Crippen MR) is 84.8 cm³/mol. The van der Waals surface area contributed by atoms with Crippen molar-refractivity contribution < 1.29 is 19.6 Å². The molecule has 0 radical (unpaired) electrons. The number of carbonyl (C=O) groups is 1. The van der Waals surface area contributed by atoms with E-state index in [0.717, 1.165) is 0 Å². The molecule has 0 saturated carbocycles. The monoisotopic (exact) mass is 323 g/mol. The topological polar surface area (TPSA) is 96.2 Å². The number of phenols is 1. The summed E-state index contributed by atoms with van der Waals surface area (Å²) in [4.78, 5) is 25.7. The summed E-state index contributed by atoms with van der Waals surface area (Å²) in [5.41, 5.74) is -0.156. The zero-order valence-electron chi connectivity index (χ0n) is 13.5. The van der Waals surface area contributed by atoms with Crippen LogP contribution in [0.3, 0.4) is 0 Å². The first kappa shape index (κ1) is 16.9. The quantitative estimate of drug-likeness (QED) is 0.663. The molecule has 8 heteroatoms. The molecule has 0 aromatic heterocycles. The van der Waals surface area contributed by atoms with Crippen LogP contribution in [0.5, 0.6) is 5.75 Å². The molecule has 0 bridgehead atoms. The van der Waals surface area contributed by atoms with Crippen LogP contribution in [0.25, 0.3) is 0 Å². The van der Waals surface area contributed by atoms with Crippen molar-refractivity contribution >= 4 is 17.5 Å². The number of anilines is 1. The van der Waals surface area contributed by atoms with Crippen LogP contribution in [-0.2, 0) is 4.74 Å². The fourth-order valence-corrected chi connectivity index (χ4v) is 2.34. The Balaban J connectivity index is 1.98. The highest BCUT2D eigenvalue weighted by molar-refractivity contribution is 5.69. The van der Waals surface area contributed by atoms with Crippen molar-refractivity contribution in [2.45, 2.75) is 26.4 Å². The number of carbonyl (C=O) groups excluding carboxylic acids is 1. The standard InChI is InChI=1S/C15H21N3O5/c1-15(2,3)23-14(20)17-8-6-16(7-9-17)11-4-5-12(18(21)22)13(19)10-11/h4-5,10,19H,6-9H2,1-3H3. The Kier molecular flexibility index (Phi) is 4.63. The third-order valence-electron chi connectivity index (χ3n) is 3.45. The summed E-state index contributed by atoms with van der Waals surface area (Å²) in [7, 11) is 0. The molecule has 0 atom stereocenters. The second-order valence-corrected chi connectivity index (χ2v) is 6.38. The zero-order valence-corrected chi connectivity index (χ0v) is 13.5. The molecule has 2 rings (SSSR count). The molecule has 1 aliphatic rings. The molecular formula is C15H21N3O5. The van der Waals surface area contributed by atoms with Gasteiger partial charge >= 0.3 is 11.8 Å². The fraction of sp³-hybridized carbons (Fsp3) is 0.533. The number of nitro benzene ring substituents is 1. The molecule has 8 nitrogen and oxygen atoms in total. The van der Waals surface area contributed by atoms with E-state index >= 15 is 0 Å². The Morgan fingerprint density at radius 1 is 1.26 bits per heavy atom. The molecule has 0 spiro atoms. The van der Waals surface area contributed by atoms with E-state index in [2.05, 4.69) is 0 Å². The summed E-state index contributed by atoms with van der Waals surface area (Å²) in [6.07, 6.45) is -0.344. The van der Waals surface area contributed by atoms with Crippen LogP contribution >= 0.6 is 0 Å². The number of ether oxygens (including phenoxy) is 1. The largest absolute Gasteiger partial charge is 0.502 e. The number of rotatable bonds is 2. The molecule has 0 aliphatic carbocycles. The highest BCUT2D eigenvalue weighted by Crippen LogP contribution is 2.30. The maximum absolute atomic E-state index is 12.0. The van der Waals surface area contributed by atoms with E-state index < -0.39 is 10.5 Å². The van der Waals surface area contributed by atoms with Crippen molar-refractivity contribution in [3.63, 3.8) is 0 Å². The van der Waals surface area contributed by atoms with E-state index in [1.54, 1.807) is 11.0 Å². The van der Waals surface area contributed by atoms with Gasteiger partial charge in [0.2, 0.25) is 0 Å². The molecule has 126 valence electrons. The highest BCUT2D eigenvalue weighted by Gasteiger charge is 2.26. The second kappa shape index (κ2) is 6.31. The van der Waals surface area contributed by atoms with Crippen LogP contribution in [0.1, 0.15) is 20.8 Å². The van der Waals surface area contributed by atoms with Gasteiger partial charge in [-0.15, -0.1) is 0 Å². The smallest absolute Gasteiger partial charge is 0.410 e. The van der Waals surface area contributed by atoms with Gasteiger partial charge in [-0.1, -0.05) is 0 Å². The Labute approximate surface area is 134 Å². The van der Waals surface area contributed by atoms with Gasteiger partial charge in [0.15, 0.2) is 5.75 Å². The van der Waals surface area contributed by atoms with Crippen LogP contribution in [-0.4, -0.2) is 52.8 Å². The van der Waals surface area contributed by atoms with Gasteiger partial charge in [-0.05, 0) is 26.8 Å². The lowest BCUT2D eigenvalue weighted by Gasteiger charge is -2.36. The average Bonchev–Trinajstić information content (AvgIpc) is 2.45. The molecule has 1 heterocycles. The summed E-state index contributed by atoms with van der Waals surface area (Å²) in [6.45, 7) is 7.58. The predicted octanol–water partition coefficient (Wildman–Crippen LogP) is 2.36. The minimum Gasteiger partial charge on any atom is -0.502 e. The van der Waals surface area contributed by atoms with Crippen LogP contribution < -0.4 is 4.90 Å². The van der Waals surface area contributed by atoms with E-state index in [-0.39, 0.29) is 17.5 Å². The maximum Gasteiger partial charge on any atom is 0.410 e. The molecule has 1 aromatic rings. The lowest BCUT2D eigenvalue weighted by atomic mass is 10.2. The molecule has 1 fully saturated rings. The zero-order chi connectivity index (χ0) is 17.2. The van der Waals surface area contributed by atoms with Crippen molar-refractivity contribution in [2.24, 2.45) is 0 Å². The minimum atomic E-state index is -0.625. The first-order valence-electron chi connectivity index (χ1n) is 7.37. The number of hydrogen-bond acceptors (Lipinski definition) is 6.